The second-order valence-corrected chi connectivity index (χ2v) is 6.22. The van der Waals surface area contributed by atoms with Crippen molar-refractivity contribution in [1.29, 1.82) is 0 Å². The van der Waals surface area contributed by atoms with Crippen molar-refractivity contribution in [2.24, 2.45) is 0 Å². The second-order valence-electron chi connectivity index (χ2n) is 4.12. The van der Waals surface area contributed by atoms with Crippen molar-refractivity contribution < 1.29 is 12.8 Å². The largest absolute Gasteiger partial charge is 0.469 e. The molecule has 19 heavy (non-hydrogen) atoms. The highest BCUT2D eigenvalue weighted by Crippen LogP contribution is 2.12. The Morgan fingerprint density at radius 1 is 1.42 bits per heavy atom. The summed E-state index contributed by atoms with van der Waals surface area (Å²) in [5.74, 6) is 0.726. The molecule has 2 heterocycles. The molecule has 0 amide bonds. The first-order valence-electron chi connectivity index (χ1n) is 5.63. The zero-order chi connectivity index (χ0) is 13.9. The molecule has 0 fully saturated rings. The molecule has 102 valence electrons. The van der Waals surface area contributed by atoms with Crippen molar-refractivity contribution in [2.75, 3.05) is 0 Å². The zero-order valence-electron chi connectivity index (χ0n) is 10.2. The molecule has 0 saturated carbocycles. The number of nitrogens with one attached hydrogen (secondary N) is 1. The van der Waals surface area contributed by atoms with Crippen molar-refractivity contribution >= 4 is 21.6 Å². The summed E-state index contributed by atoms with van der Waals surface area (Å²) in [7, 11) is -3.59. The summed E-state index contributed by atoms with van der Waals surface area (Å²) >= 11 is 5.62. The molecule has 0 aliphatic carbocycles. The average Bonchev–Trinajstić information content (AvgIpc) is 2.81. The van der Waals surface area contributed by atoms with Gasteiger partial charge in [0.05, 0.1) is 6.26 Å². The van der Waals surface area contributed by atoms with E-state index in [0.717, 1.165) is 5.76 Å². The van der Waals surface area contributed by atoms with E-state index in [1.807, 2.05) is 0 Å². The Labute approximate surface area is 116 Å². The highest BCUT2D eigenvalue weighted by molar-refractivity contribution is 7.89. The number of rotatable bonds is 5. The van der Waals surface area contributed by atoms with Gasteiger partial charge in [-0.1, -0.05) is 11.6 Å². The number of hydrogen-bond acceptors (Lipinski definition) is 4. The average molecular weight is 301 g/mol. The molecule has 1 atom stereocenters. The van der Waals surface area contributed by atoms with Crippen molar-refractivity contribution in [3.8, 4) is 0 Å². The first-order valence-corrected chi connectivity index (χ1v) is 7.50. The minimum Gasteiger partial charge on any atom is -0.469 e. The van der Waals surface area contributed by atoms with Gasteiger partial charge in [-0.05, 0) is 31.2 Å². The van der Waals surface area contributed by atoms with Crippen LogP contribution in [0.2, 0.25) is 5.15 Å². The van der Waals surface area contributed by atoms with E-state index in [4.69, 9.17) is 16.0 Å². The quantitative estimate of drug-likeness (QED) is 0.860. The van der Waals surface area contributed by atoms with E-state index in [2.05, 4.69) is 9.71 Å². The lowest BCUT2D eigenvalue weighted by molar-refractivity contribution is 0.479. The lowest BCUT2D eigenvalue weighted by atomic mass is 10.2. The Kier molecular flexibility index (Phi) is 4.24. The third-order valence-corrected chi connectivity index (χ3v) is 4.25. The summed E-state index contributed by atoms with van der Waals surface area (Å²) < 4.78 is 31.8. The summed E-state index contributed by atoms with van der Waals surface area (Å²) in [6, 6.07) is 6.13. The van der Waals surface area contributed by atoms with Gasteiger partial charge in [0.1, 0.15) is 15.8 Å². The molecule has 2 aromatic heterocycles. The van der Waals surface area contributed by atoms with Crippen LogP contribution < -0.4 is 4.72 Å². The molecule has 1 unspecified atom stereocenters. The van der Waals surface area contributed by atoms with Gasteiger partial charge in [-0.2, -0.15) is 0 Å². The molecule has 0 saturated heterocycles. The summed E-state index contributed by atoms with van der Waals surface area (Å²) in [5.41, 5.74) is 0. The van der Waals surface area contributed by atoms with Crippen molar-refractivity contribution in [2.45, 2.75) is 24.3 Å². The fourth-order valence-corrected chi connectivity index (χ4v) is 2.93. The van der Waals surface area contributed by atoms with Crippen LogP contribution in [0.4, 0.5) is 0 Å². The molecule has 0 aromatic carbocycles. The highest BCUT2D eigenvalue weighted by atomic mass is 35.5. The number of hydrogen-bond donors (Lipinski definition) is 1. The first kappa shape index (κ1) is 14.0. The first-order chi connectivity index (χ1) is 8.97. The van der Waals surface area contributed by atoms with Crippen LogP contribution in [-0.2, 0) is 16.4 Å². The number of aromatic nitrogens is 1. The molecule has 1 N–H and O–H groups in total. The van der Waals surface area contributed by atoms with Crippen LogP contribution in [0, 0.1) is 0 Å². The molecular formula is C12H13ClN2O3S. The van der Waals surface area contributed by atoms with E-state index >= 15 is 0 Å². The summed E-state index contributed by atoms with van der Waals surface area (Å²) in [6.45, 7) is 1.77. The summed E-state index contributed by atoms with van der Waals surface area (Å²) in [6.07, 6.45) is 3.26. The molecule has 5 nitrogen and oxygen atoms in total. The van der Waals surface area contributed by atoms with Crippen molar-refractivity contribution in [3.05, 3.63) is 47.6 Å². The van der Waals surface area contributed by atoms with Crippen LogP contribution in [0.25, 0.3) is 0 Å². The van der Waals surface area contributed by atoms with Crippen LogP contribution in [-0.4, -0.2) is 19.4 Å². The fourth-order valence-electron chi connectivity index (χ4n) is 1.63. The Morgan fingerprint density at radius 3 is 2.79 bits per heavy atom. The fraction of sp³-hybridized carbons (Fsp3) is 0.250. The maximum atomic E-state index is 12.1. The van der Waals surface area contributed by atoms with Crippen molar-refractivity contribution in [1.82, 2.24) is 9.71 Å². The molecule has 2 rings (SSSR count). The van der Waals surface area contributed by atoms with Gasteiger partial charge in [0.2, 0.25) is 10.0 Å². The molecule has 2 aromatic rings. The highest BCUT2D eigenvalue weighted by Gasteiger charge is 2.18. The SMILES string of the molecule is CC(Cc1ccco1)NS(=O)(=O)c1ccc(Cl)nc1. The van der Waals surface area contributed by atoms with E-state index in [1.165, 1.54) is 18.3 Å². The van der Waals surface area contributed by atoms with E-state index < -0.39 is 10.0 Å². The maximum Gasteiger partial charge on any atom is 0.242 e. The molecule has 0 aliphatic rings. The maximum absolute atomic E-state index is 12.1. The van der Waals surface area contributed by atoms with Gasteiger partial charge >= 0.3 is 0 Å². The van der Waals surface area contributed by atoms with Gasteiger partial charge in [-0.25, -0.2) is 18.1 Å². The molecule has 0 radical (unpaired) electrons. The van der Waals surface area contributed by atoms with Crippen LogP contribution in [0.1, 0.15) is 12.7 Å². The van der Waals surface area contributed by atoms with E-state index in [9.17, 15) is 8.42 Å². The van der Waals surface area contributed by atoms with Gasteiger partial charge < -0.3 is 4.42 Å². The summed E-state index contributed by atoms with van der Waals surface area (Å²) in [4.78, 5) is 3.84. The van der Waals surface area contributed by atoms with Gasteiger partial charge in [-0.15, -0.1) is 0 Å². The number of sulfonamides is 1. The van der Waals surface area contributed by atoms with Gasteiger partial charge in [-0.3, -0.25) is 0 Å². The molecule has 0 spiro atoms. The van der Waals surface area contributed by atoms with Crippen molar-refractivity contribution in [3.63, 3.8) is 0 Å². The topological polar surface area (TPSA) is 72.2 Å². The third-order valence-electron chi connectivity index (χ3n) is 2.45. The Morgan fingerprint density at radius 2 is 2.21 bits per heavy atom. The monoisotopic (exact) mass is 300 g/mol. The minimum absolute atomic E-state index is 0.0863. The standard InChI is InChI=1S/C12H13ClN2O3S/c1-9(7-10-3-2-6-18-10)15-19(16,17)11-4-5-12(13)14-8-11/h2-6,8-9,15H,7H2,1H3. The van der Waals surface area contributed by atoms with Crippen LogP contribution in [0.3, 0.4) is 0 Å². The molecule has 7 heteroatoms. The molecule has 0 aliphatic heterocycles. The Hall–Kier alpha value is -1.37. The molecule has 0 bridgehead atoms. The lowest BCUT2D eigenvalue weighted by Gasteiger charge is -2.12. The predicted molar refractivity (Wildman–Crippen MR) is 71.4 cm³/mol. The minimum atomic E-state index is -3.59. The second kappa shape index (κ2) is 5.73. The third kappa shape index (κ3) is 3.79. The van der Waals surface area contributed by atoms with Gasteiger partial charge in [0, 0.05) is 18.7 Å². The molecular weight excluding hydrogens is 288 g/mol. The number of furan rings is 1. The van der Waals surface area contributed by atoms with E-state index in [-0.39, 0.29) is 16.1 Å². The van der Waals surface area contributed by atoms with Gasteiger partial charge in [0.15, 0.2) is 0 Å². The smallest absolute Gasteiger partial charge is 0.242 e. The Bertz CT molecular complexity index is 624. The van der Waals surface area contributed by atoms with Crippen LogP contribution in [0.15, 0.2) is 46.0 Å². The number of pyridine rings is 1. The Balaban J connectivity index is 2.06. The number of halogens is 1. The van der Waals surface area contributed by atoms with Gasteiger partial charge in [0.25, 0.3) is 0 Å². The summed E-state index contributed by atoms with van der Waals surface area (Å²) in [5, 5.41) is 0.252. The van der Waals surface area contributed by atoms with Crippen LogP contribution in [0.5, 0.6) is 0 Å². The zero-order valence-corrected chi connectivity index (χ0v) is 11.8. The number of nitrogens with zero attached hydrogens (tertiary/aromatic N) is 1. The van der Waals surface area contributed by atoms with E-state index in [1.54, 1.807) is 25.3 Å². The predicted octanol–water partition coefficient (Wildman–Crippen LogP) is 2.24. The lowest BCUT2D eigenvalue weighted by Crippen LogP contribution is -2.34. The van der Waals surface area contributed by atoms with E-state index in [0.29, 0.717) is 6.42 Å². The normalized spacial score (nSPS) is 13.4. The van der Waals surface area contributed by atoms with Crippen LogP contribution >= 0.6 is 11.6 Å².